The zero-order valence-electron chi connectivity index (χ0n) is 13.1. The van der Waals surface area contributed by atoms with Crippen LogP contribution in [-0.4, -0.2) is 5.91 Å². The van der Waals surface area contributed by atoms with Crippen LogP contribution >= 0.6 is 0 Å². The van der Waals surface area contributed by atoms with Crippen LogP contribution < -0.4 is 10.1 Å². The molecule has 3 aromatic carbocycles. The molecule has 3 aromatic rings. The summed E-state index contributed by atoms with van der Waals surface area (Å²) in [6.07, 6.45) is 3.28. The standard InChI is InChI=1S/C21H17NO2/c23-21(16-15-17-9-3-1-4-10-17)22-19-13-7-8-14-20(19)24-18-11-5-2-6-12-18/h1-16H,(H,22,23)/b16-15+. The second kappa shape index (κ2) is 7.79. The van der Waals surface area contributed by atoms with Crippen molar-refractivity contribution in [1.82, 2.24) is 0 Å². The minimum absolute atomic E-state index is 0.206. The van der Waals surface area contributed by atoms with Gasteiger partial charge < -0.3 is 10.1 Å². The number of ether oxygens (including phenoxy) is 1. The normalized spacial score (nSPS) is 10.5. The molecule has 0 unspecified atom stereocenters. The van der Waals surface area contributed by atoms with Crippen molar-refractivity contribution in [2.24, 2.45) is 0 Å². The number of para-hydroxylation sites is 3. The van der Waals surface area contributed by atoms with Crippen LogP contribution in [-0.2, 0) is 4.79 Å². The summed E-state index contributed by atoms with van der Waals surface area (Å²) in [5, 5.41) is 2.85. The van der Waals surface area contributed by atoms with Crippen molar-refractivity contribution in [1.29, 1.82) is 0 Å². The van der Waals surface area contributed by atoms with Gasteiger partial charge in [0.2, 0.25) is 5.91 Å². The number of hydrogen-bond donors (Lipinski definition) is 1. The molecular formula is C21H17NO2. The topological polar surface area (TPSA) is 38.3 Å². The van der Waals surface area contributed by atoms with Crippen molar-refractivity contribution in [3.63, 3.8) is 0 Å². The SMILES string of the molecule is O=C(/C=C/c1ccccc1)Nc1ccccc1Oc1ccccc1. The number of anilines is 1. The van der Waals surface area contributed by atoms with E-state index in [1.165, 1.54) is 6.08 Å². The molecule has 0 saturated carbocycles. The van der Waals surface area contributed by atoms with Gasteiger partial charge in [0.15, 0.2) is 5.75 Å². The zero-order valence-corrected chi connectivity index (χ0v) is 13.1. The van der Waals surface area contributed by atoms with E-state index >= 15 is 0 Å². The van der Waals surface area contributed by atoms with E-state index in [2.05, 4.69) is 5.32 Å². The minimum Gasteiger partial charge on any atom is -0.455 e. The average Bonchev–Trinajstić information content (AvgIpc) is 2.63. The molecule has 3 rings (SSSR count). The van der Waals surface area contributed by atoms with Gasteiger partial charge >= 0.3 is 0 Å². The number of benzene rings is 3. The third-order valence-electron chi connectivity index (χ3n) is 3.34. The van der Waals surface area contributed by atoms with Gasteiger partial charge in [-0.15, -0.1) is 0 Å². The Balaban J connectivity index is 1.71. The highest BCUT2D eigenvalue weighted by molar-refractivity contribution is 6.02. The summed E-state index contributed by atoms with van der Waals surface area (Å²) in [6, 6.07) is 26.5. The summed E-state index contributed by atoms with van der Waals surface area (Å²) in [4.78, 5) is 12.1. The lowest BCUT2D eigenvalue weighted by Gasteiger charge is -2.11. The van der Waals surface area contributed by atoms with Crippen LogP contribution in [0.5, 0.6) is 11.5 Å². The Morgan fingerprint density at radius 3 is 2.17 bits per heavy atom. The van der Waals surface area contributed by atoms with Gasteiger partial charge in [0, 0.05) is 6.08 Å². The van der Waals surface area contributed by atoms with Crippen molar-refractivity contribution < 1.29 is 9.53 Å². The Morgan fingerprint density at radius 1 is 0.792 bits per heavy atom. The van der Waals surface area contributed by atoms with Gasteiger partial charge in [-0.3, -0.25) is 4.79 Å². The fourth-order valence-corrected chi connectivity index (χ4v) is 2.18. The predicted octanol–water partition coefficient (Wildman–Crippen LogP) is 5.13. The van der Waals surface area contributed by atoms with E-state index in [1.807, 2.05) is 84.9 Å². The highest BCUT2D eigenvalue weighted by Crippen LogP contribution is 2.29. The maximum Gasteiger partial charge on any atom is 0.248 e. The highest BCUT2D eigenvalue weighted by Gasteiger charge is 2.06. The molecule has 0 aromatic heterocycles. The Kier molecular flexibility index (Phi) is 5.05. The molecule has 0 saturated heterocycles. The van der Waals surface area contributed by atoms with Gasteiger partial charge in [0.25, 0.3) is 0 Å². The second-order valence-corrected chi connectivity index (χ2v) is 5.14. The van der Waals surface area contributed by atoms with Gasteiger partial charge in [-0.25, -0.2) is 0 Å². The molecule has 0 fully saturated rings. The Bertz CT molecular complexity index is 827. The van der Waals surface area contributed by atoms with E-state index in [0.717, 1.165) is 11.3 Å². The quantitative estimate of drug-likeness (QED) is 0.663. The Hall–Kier alpha value is -3.33. The maximum atomic E-state index is 12.1. The fourth-order valence-electron chi connectivity index (χ4n) is 2.18. The van der Waals surface area contributed by atoms with Crippen LogP contribution in [0.2, 0.25) is 0 Å². The average molecular weight is 315 g/mol. The monoisotopic (exact) mass is 315 g/mol. The van der Waals surface area contributed by atoms with E-state index in [-0.39, 0.29) is 5.91 Å². The summed E-state index contributed by atoms with van der Waals surface area (Å²) in [5.41, 5.74) is 1.60. The van der Waals surface area contributed by atoms with Crippen LogP contribution in [0.4, 0.5) is 5.69 Å². The summed E-state index contributed by atoms with van der Waals surface area (Å²) >= 11 is 0. The number of carbonyl (C=O) groups excluding carboxylic acids is 1. The van der Waals surface area contributed by atoms with Crippen molar-refractivity contribution in [3.8, 4) is 11.5 Å². The lowest BCUT2D eigenvalue weighted by molar-refractivity contribution is -0.111. The molecule has 1 N–H and O–H groups in total. The van der Waals surface area contributed by atoms with Crippen molar-refractivity contribution >= 4 is 17.7 Å². The Morgan fingerprint density at radius 2 is 1.42 bits per heavy atom. The fraction of sp³-hybridized carbons (Fsp3) is 0. The number of amides is 1. The van der Waals surface area contributed by atoms with Crippen molar-refractivity contribution in [2.45, 2.75) is 0 Å². The summed E-state index contributed by atoms with van der Waals surface area (Å²) < 4.78 is 5.83. The zero-order chi connectivity index (χ0) is 16.6. The molecule has 3 heteroatoms. The molecule has 0 heterocycles. The molecule has 0 aliphatic rings. The number of carbonyl (C=O) groups is 1. The first-order chi connectivity index (χ1) is 11.8. The molecule has 0 atom stereocenters. The molecule has 118 valence electrons. The lowest BCUT2D eigenvalue weighted by atomic mass is 10.2. The number of hydrogen-bond acceptors (Lipinski definition) is 2. The van der Waals surface area contributed by atoms with E-state index in [9.17, 15) is 4.79 Å². The smallest absolute Gasteiger partial charge is 0.248 e. The van der Waals surface area contributed by atoms with Gasteiger partial charge in [-0.2, -0.15) is 0 Å². The van der Waals surface area contributed by atoms with Crippen LogP contribution in [0.15, 0.2) is 91.0 Å². The summed E-state index contributed by atoms with van der Waals surface area (Å²) in [5.74, 6) is 1.12. The third-order valence-corrected chi connectivity index (χ3v) is 3.34. The molecule has 0 aliphatic carbocycles. The molecule has 1 amide bonds. The first-order valence-corrected chi connectivity index (χ1v) is 7.67. The predicted molar refractivity (Wildman–Crippen MR) is 97.1 cm³/mol. The molecular weight excluding hydrogens is 298 g/mol. The number of nitrogens with one attached hydrogen (secondary N) is 1. The summed E-state index contributed by atoms with van der Waals surface area (Å²) in [6.45, 7) is 0. The van der Waals surface area contributed by atoms with Gasteiger partial charge in [0.05, 0.1) is 5.69 Å². The van der Waals surface area contributed by atoms with Crippen molar-refractivity contribution in [2.75, 3.05) is 5.32 Å². The van der Waals surface area contributed by atoms with E-state index < -0.39 is 0 Å². The largest absolute Gasteiger partial charge is 0.455 e. The van der Waals surface area contributed by atoms with E-state index in [1.54, 1.807) is 6.08 Å². The first-order valence-electron chi connectivity index (χ1n) is 7.67. The molecule has 0 bridgehead atoms. The summed E-state index contributed by atoms with van der Waals surface area (Å²) in [7, 11) is 0. The third kappa shape index (κ3) is 4.34. The molecule has 3 nitrogen and oxygen atoms in total. The van der Waals surface area contributed by atoms with Gasteiger partial charge in [0.1, 0.15) is 5.75 Å². The molecule has 0 aliphatic heterocycles. The molecule has 24 heavy (non-hydrogen) atoms. The van der Waals surface area contributed by atoms with E-state index in [4.69, 9.17) is 4.74 Å². The molecule has 0 radical (unpaired) electrons. The lowest BCUT2D eigenvalue weighted by Crippen LogP contribution is -2.08. The van der Waals surface area contributed by atoms with Gasteiger partial charge in [-0.05, 0) is 35.9 Å². The van der Waals surface area contributed by atoms with Crippen LogP contribution in [0.1, 0.15) is 5.56 Å². The highest BCUT2D eigenvalue weighted by atomic mass is 16.5. The van der Waals surface area contributed by atoms with Crippen LogP contribution in [0.3, 0.4) is 0 Å². The van der Waals surface area contributed by atoms with Crippen LogP contribution in [0.25, 0.3) is 6.08 Å². The van der Waals surface area contributed by atoms with Crippen LogP contribution in [0, 0.1) is 0 Å². The maximum absolute atomic E-state index is 12.1. The van der Waals surface area contributed by atoms with Gasteiger partial charge in [-0.1, -0.05) is 60.7 Å². The first kappa shape index (κ1) is 15.6. The van der Waals surface area contributed by atoms with E-state index in [0.29, 0.717) is 11.4 Å². The Labute approximate surface area is 141 Å². The minimum atomic E-state index is -0.206. The molecule has 0 spiro atoms. The second-order valence-electron chi connectivity index (χ2n) is 5.14. The van der Waals surface area contributed by atoms with Crippen molar-refractivity contribution in [3.05, 3.63) is 96.6 Å². The number of rotatable bonds is 5.